The summed E-state index contributed by atoms with van der Waals surface area (Å²) in [6.45, 7) is 4.96. The molecule has 0 aromatic carbocycles. The van der Waals surface area contributed by atoms with Gasteiger partial charge in [-0.25, -0.2) is 4.98 Å². The minimum atomic E-state index is 0.546. The zero-order valence-corrected chi connectivity index (χ0v) is 7.44. The fraction of sp³-hybridized carbons (Fsp3) is 0.375. The molecule has 0 spiro atoms. The van der Waals surface area contributed by atoms with Gasteiger partial charge in [0.1, 0.15) is 5.15 Å². The molecule has 0 aliphatic heterocycles. The molecule has 60 valence electrons. The zero-order valence-electron chi connectivity index (χ0n) is 6.69. The number of aryl methyl sites for hydroxylation is 1. The van der Waals surface area contributed by atoms with Crippen LogP contribution in [-0.2, 0) is 0 Å². The van der Waals surface area contributed by atoms with Crippen LogP contribution < -0.4 is 5.32 Å². The quantitative estimate of drug-likeness (QED) is 0.690. The van der Waals surface area contributed by atoms with Crippen molar-refractivity contribution in [2.75, 3.05) is 11.9 Å². The Kier molecular flexibility index (Phi) is 2.71. The number of hydrogen-bond donors (Lipinski definition) is 1. The van der Waals surface area contributed by atoms with Crippen LogP contribution in [0.1, 0.15) is 12.5 Å². The van der Waals surface area contributed by atoms with Crippen LogP contribution >= 0.6 is 11.6 Å². The van der Waals surface area contributed by atoms with Gasteiger partial charge in [-0.1, -0.05) is 11.6 Å². The fourth-order valence-corrected chi connectivity index (χ4v) is 1.11. The second-order valence-electron chi connectivity index (χ2n) is 2.35. The highest BCUT2D eigenvalue weighted by Crippen LogP contribution is 2.15. The molecule has 3 heteroatoms. The predicted octanol–water partition coefficient (Wildman–Crippen LogP) is 2.48. The molecule has 0 saturated carbocycles. The molecule has 2 nitrogen and oxygen atoms in total. The number of pyridine rings is 1. The highest BCUT2D eigenvalue weighted by Gasteiger charge is 1.96. The van der Waals surface area contributed by atoms with Crippen LogP contribution in [0.15, 0.2) is 12.3 Å². The van der Waals surface area contributed by atoms with Gasteiger partial charge in [0.15, 0.2) is 0 Å². The number of rotatable bonds is 2. The molecule has 1 heterocycles. The Bertz CT molecular complexity index is 248. The second-order valence-corrected chi connectivity index (χ2v) is 2.74. The van der Waals surface area contributed by atoms with Gasteiger partial charge >= 0.3 is 0 Å². The fourth-order valence-electron chi connectivity index (χ4n) is 0.897. The molecular formula is C8H11ClN2. The molecule has 1 N–H and O–H groups in total. The van der Waals surface area contributed by atoms with Crippen LogP contribution in [0.4, 0.5) is 5.69 Å². The summed E-state index contributed by atoms with van der Waals surface area (Å²) < 4.78 is 0. The third-order valence-electron chi connectivity index (χ3n) is 1.44. The van der Waals surface area contributed by atoms with Gasteiger partial charge in [0.05, 0.1) is 11.9 Å². The smallest absolute Gasteiger partial charge is 0.129 e. The first kappa shape index (κ1) is 8.34. The van der Waals surface area contributed by atoms with Gasteiger partial charge in [0.2, 0.25) is 0 Å². The van der Waals surface area contributed by atoms with Gasteiger partial charge < -0.3 is 5.32 Å². The van der Waals surface area contributed by atoms with Crippen molar-refractivity contribution in [3.63, 3.8) is 0 Å². The van der Waals surface area contributed by atoms with Crippen molar-refractivity contribution in [2.24, 2.45) is 0 Å². The van der Waals surface area contributed by atoms with Crippen molar-refractivity contribution in [1.82, 2.24) is 4.98 Å². The average molecular weight is 171 g/mol. The molecule has 0 saturated heterocycles. The number of aromatic nitrogens is 1. The maximum absolute atomic E-state index is 5.68. The minimum absolute atomic E-state index is 0.546. The highest BCUT2D eigenvalue weighted by molar-refractivity contribution is 6.29. The van der Waals surface area contributed by atoms with Crippen LogP contribution in [0.5, 0.6) is 0 Å². The average Bonchev–Trinajstić information content (AvgIpc) is 1.95. The van der Waals surface area contributed by atoms with E-state index in [1.165, 1.54) is 0 Å². The summed E-state index contributed by atoms with van der Waals surface area (Å²) in [6.07, 6.45) is 1.75. The Hall–Kier alpha value is -0.760. The summed E-state index contributed by atoms with van der Waals surface area (Å²) >= 11 is 5.68. The molecule has 1 aromatic heterocycles. The number of hydrogen-bond acceptors (Lipinski definition) is 2. The van der Waals surface area contributed by atoms with Crippen LogP contribution in [0, 0.1) is 6.92 Å². The van der Waals surface area contributed by atoms with Crippen molar-refractivity contribution in [1.29, 1.82) is 0 Å². The highest BCUT2D eigenvalue weighted by atomic mass is 35.5. The van der Waals surface area contributed by atoms with E-state index >= 15 is 0 Å². The standard InChI is InChI=1S/C8H11ClN2/c1-3-10-7-5-11-8(9)4-6(7)2/h4-5,10H,3H2,1-2H3. The monoisotopic (exact) mass is 170 g/mol. The van der Waals surface area contributed by atoms with Crippen molar-refractivity contribution < 1.29 is 0 Å². The molecule has 0 atom stereocenters. The first-order chi connectivity index (χ1) is 5.24. The molecule has 0 fully saturated rings. The molecular weight excluding hydrogens is 160 g/mol. The Labute approximate surface area is 71.6 Å². The first-order valence-electron chi connectivity index (χ1n) is 3.60. The number of nitrogens with zero attached hydrogens (tertiary/aromatic N) is 1. The predicted molar refractivity (Wildman–Crippen MR) is 48.1 cm³/mol. The van der Waals surface area contributed by atoms with Crippen molar-refractivity contribution in [3.8, 4) is 0 Å². The van der Waals surface area contributed by atoms with E-state index in [0.29, 0.717) is 5.15 Å². The van der Waals surface area contributed by atoms with E-state index in [1.807, 2.05) is 19.9 Å². The van der Waals surface area contributed by atoms with E-state index in [0.717, 1.165) is 17.8 Å². The molecule has 0 amide bonds. The van der Waals surface area contributed by atoms with Crippen LogP contribution in [0.2, 0.25) is 5.15 Å². The third-order valence-corrected chi connectivity index (χ3v) is 1.65. The molecule has 0 bridgehead atoms. The Balaban J connectivity index is 2.90. The number of anilines is 1. The molecule has 11 heavy (non-hydrogen) atoms. The van der Waals surface area contributed by atoms with Crippen molar-refractivity contribution in [2.45, 2.75) is 13.8 Å². The van der Waals surface area contributed by atoms with E-state index in [4.69, 9.17) is 11.6 Å². The first-order valence-corrected chi connectivity index (χ1v) is 3.98. The Morgan fingerprint density at radius 2 is 2.36 bits per heavy atom. The van der Waals surface area contributed by atoms with E-state index in [1.54, 1.807) is 6.20 Å². The summed E-state index contributed by atoms with van der Waals surface area (Å²) in [6, 6.07) is 1.85. The zero-order chi connectivity index (χ0) is 8.27. The van der Waals surface area contributed by atoms with E-state index < -0.39 is 0 Å². The second kappa shape index (κ2) is 3.58. The summed E-state index contributed by atoms with van der Waals surface area (Å²) in [4.78, 5) is 3.96. The van der Waals surface area contributed by atoms with Gasteiger partial charge in [-0.3, -0.25) is 0 Å². The van der Waals surface area contributed by atoms with Gasteiger partial charge in [-0.15, -0.1) is 0 Å². The molecule has 1 aromatic rings. The summed E-state index contributed by atoms with van der Waals surface area (Å²) in [5.41, 5.74) is 2.18. The lowest BCUT2D eigenvalue weighted by Gasteiger charge is -2.05. The van der Waals surface area contributed by atoms with Gasteiger partial charge in [0, 0.05) is 6.54 Å². The maximum atomic E-state index is 5.68. The van der Waals surface area contributed by atoms with E-state index in [2.05, 4.69) is 10.3 Å². The summed E-state index contributed by atoms with van der Waals surface area (Å²) in [7, 11) is 0. The topological polar surface area (TPSA) is 24.9 Å². The molecule has 0 aliphatic rings. The summed E-state index contributed by atoms with van der Waals surface area (Å²) in [5, 5.41) is 3.73. The van der Waals surface area contributed by atoms with E-state index in [-0.39, 0.29) is 0 Å². The molecule has 0 aliphatic carbocycles. The normalized spacial score (nSPS) is 9.73. The SMILES string of the molecule is CCNc1cnc(Cl)cc1C. The lowest BCUT2D eigenvalue weighted by Crippen LogP contribution is -1.99. The maximum Gasteiger partial charge on any atom is 0.129 e. The number of halogens is 1. The van der Waals surface area contributed by atoms with Gasteiger partial charge in [-0.2, -0.15) is 0 Å². The van der Waals surface area contributed by atoms with Crippen LogP contribution in [0.3, 0.4) is 0 Å². The summed E-state index contributed by atoms with van der Waals surface area (Å²) in [5.74, 6) is 0. The van der Waals surface area contributed by atoms with Crippen LogP contribution in [-0.4, -0.2) is 11.5 Å². The molecule has 1 rings (SSSR count). The van der Waals surface area contributed by atoms with Crippen molar-refractivity contribution in [3.05, 3.63) is 23.0 Å². The van der Waals surface area contributed by atoms with Crippen molar-refractivity contribution >= 4 is 17.3 Å². The molecule has 0 radical (unpaired) electrons. The molecule has 0 unspecified atom stereocenters. The Morgan fingerprint density at radius 1 is 1.64 bits per heavy atom. The Morgan fingerprint density at radius 3 is 2.91 bits per heavy atom. The number of nitrogens with one attached hydrogen (secondary N) is 1. The third kappa shape index (κ3) is 2.09. The van der Waals surface area contributed by atoms with Gasteiger partial charge in [-0.05, 0) is 25.5 Å². The van der Waals surface area contributed by atoms with E-state index in [9.17, 15) is 0 Å². The minimum Gasteiger partial charge on any atom is -0.384 e. The van der Waals surface area contributed by atoms with Crippen LogP contribution in [0.25, 0.3) is 0 Å². The lowest BCUT2D eigenvalue weighted by atomic mass is 10.2. The largest absolute Gasteiger partial charge is 0.384 e. The lowest BCUT2D eigenvalue weighted by molar-refractivity contribution is 1.17. The van der Waals surface area contributed by atoms with Gasteiger partial charge in [0.25, 0.3) is 0 Å².